The van der Waals surface area contributed by atoms with Gasteiger partial charge in [-0.3, -0.25) is 9.59 Å². The zero-order valence-electron chi connectivity index (χ0n) is 20.8. The van der Waals surface area contributed by atoms with Crippen molar-refractivity contribution in [2.24, 2.45) is 0 Å². The summed E-state index contributed by atoms with van der Waals surface area (Å²) in [7, 11) is 0. The Morgan fingerprint density at radius 1 is 0.857 bits per heavy atom. The molecule has 190 valence electrons. The van der Waals surface area contributed by atoms with Crippen molar-refractivity contribution in [1.29, 1.82) is 0 Å². The van der Waals surface area contributed by atoms with Crippen molar-refractivity contribution < 1.29 is 14.4 Å². The van der Waals surface area contributed by atoms with E-state index in [0.29, 0.717) is 32.6 Å². The topological polar surface area (TPSA) is 76.2 Å². The number of carbonyl (C=O) groups is 3. The highest BCUT2D eigenvalue weighted by Gasteiger charge is 2.54. The van der Waals surface area contributed by atoms with E-state index in [1.165, 1.54) is 25.7 Å². The Bertz CT molecular complexity index is 903. The Labute approximate surface area is 208 Å². The summed E-state index contributed by atoms with van der Waals surface area (Å²) < 4.78 is 0. The molecule has 1 aromatic carbocycles. The van der Waals surface area contributed by atoms with Gasteiger partial charge in [0.25, 0.3) is 5.91 Å². The molecule has 1 saturated carbocycles. The second-order valence-electron chi connectivity index (χ2n) is 10.7. The van der Waals surface area contributed by atoms with Crippen LogP contribution in [0, 0.1) is 0 Å². The van der Waals surface area contributed by atoms with Gasteiger partial charge in [0.2, 0.25) is 5.91 Å². The van der Waals surface area contributed by atoms with Gasteiger partial charge in [0.15, 0.2) is 0 Å². The van der Waals surface area contributed by atoms with Crippen molar-refractivity contribution in [2.75, 3.05) is 44.3 Å². The van der Waals surface area contributed by atoms with Crippen molar-refractivity contribution in [3.05, 3.63) is 30.3 Å². The van der Waals surface area contributed by atoms with Gasteiger partial charge in [0.05, 0.1) is 6.67 Å². The molecule has 4 amide bonds. The molecule has 1 aliphatic carbocycles. The van der Waals surface area contributed by atoms with E-state index in [1.54, 1.807) is 4.90 Å². The number of carbonyl (C=O) groups excluding carboxylic acids is 3. The minimum Gasteiger partial charge on any atom is -0.341 e. The Morgan fingerprint density at radius 2 is 1.51 bits per heavy atom. The highest BCUT2D eigenvalue weighted by atomic mass is 16.2. The lowest BCUT2D eigenvalue weighted by Crippen LogP contribution is -2.59. The first-order chi connectivity index (χ1) is 17.1. The van der Waals surface area contributed by atoms with E-state index in [-0.39, 0.29) is 30.4 Å². The van der Waals surface area contributed by atoms with Crippen molar-refractivity contribution >= 4 is 23.5 Å². The van der Waals surface area contributed by atoms with E-state index in [0.717, 1.165) is 44.5 Å². The van der Waals surface area contributed by atoms with Crippen LogP contribution in [0.3, 0.4) is 0 Å². The summed E-state index contributed by atoms with van der Waals surface area (Å²) in [4.78, 5) is 47.5. The molecule has 0 bridgehead atoms. The van der Waals surface area contributed by atoms with Crippen LogP contribution in [0.15, 0.2) is 30.3 Å². The predicted molar refractivity (Wildman–Crippen MR) is 135 cm³/mol. The quantitative estimate of drug-likeness (QED) is 0.717. The second kappa shape index (κ2) is 10.5. The van der Waals surface area contributed by atoms with Crippen LogP contribution in [-0.2, 0) is 9.59 Å². The average molecular weight is 482 g/mol. The SMILES string of the molecule is O=C(CN1CN(c2ccccc2)C2(CCN(C(=O)NC3CCCCC3)CC2)C1=O)N1CCCCC1. The molecule has 4 fully saturated rings. The first-order valence-corrected chi connectivity index (χ1v) is 13.5. The molecule has 3 heterocycles. The molecular formula is C27H39N5O3. The Hall–Kier alpha value is -2.77. The number of likely N-dealkylation sites (tertiary alicyclic amines) is 2. The highest BCUT2D eigenvalue weighted by molar-refractivity contribution is 5.96. The highest BCUT2D eigenvalue weighted by Crippen LogP contribution is 2.39. The number of anilines is 1. The third kappa shape index (κ3) is 4.98. The first kappa shape index (κ1) is 23.9. The van der Waals surface area contributed by atoms with Crippen LogP contribution in [-0.4, -0.2) is 83.5 Å². The maximum Gasteiger partial charge on any atom is 0.317 e. The summed E-state index contributed by atoms with van der Waals surface area (Å²) in [5, 5.41) is 3.22. The van der Waals surface area contributed by atoms with Crippen molar-refractivity contribution in [3.63, 3.8) is 0 Å². The number of nitrogens with one attached hydrogen (secondary N) is 1. The third-order valence-corrected chi connectivity index (χ3v) is 8.43. The van der Waals surface area contributed by atoms with E-state index in [2.05, 4.69) is 10.2 Å². The van der Waals surface area contributed by atoms with Crippen molar-refractivity contribution in [3.8, 4) is 0 Å². The second-order valence-corrected chi connectivity index (χ2v) is 10.7. The summed E-state index contributed by atoms with van der Waals surface area (Å²) >= 11 is 0. The molecule has 35 heavy (non-hydrogen) atoms. The normalized spacial score (nSPS) is 23.1. The number of urea groups is 1. The number of para-hydroxylation sites is 1. The van der Waals surface area contributed by atoms with Gasteiger partial charge in [-0.15, -0.1) is 0 Å². The van der Waals surface area contributed by atoms with E-state index in [1.807, 2.05) is 40.1 Å². The van der Waals surface area contributed by atoms with Gasteiger partial charge in [0.1, 0.15) is 12.1 Å². The molecule has 8 heteroatoms. The first-order valence-electron chi connectivity index (χ1n) is 13.5. The summed E-state index contributed by atoms with van der Waals surface area (Å²) in [5.41, 5.74) is 0.291. The van der Waals surface area contributed by atoms with Crippen LogP contribution in [0.4, 0.5) is 10.5 Å². The van der Waals surface area contributed by atoms with Crippen LogP contribution in [0.25, 0.3) is 0 Å². The zero-order chi connectivity index (χ0) is 24.3. The minimum absolute atomic E-state index is 0.000546. The molecule has 1 spiro atoms. The molecule has 4 aliphatic rings. The molecule has 0 aromatic heterocycles. The van der Waals surface area contributed by atoms with Crippen LogP contribution in [0.5, 0.6) is 0 Å². The van der Waals surface area contributed by atoms with Crippen LogP contribution in [0.2, 0.25) is 0 Å². The fourth-order valence-electron chi connectivity index (χ4n) is 6.32. The van der Waals surface area contributed by atoms with Crippen LogP contribution < -0.4 is 10.2 Å². The Kier molecular flexibility index (Phi) is 7.16. The van der Waals surface area contributed by atoms with E-state index < -0.39 is 5.54 Å². The van der Waals surface area contributed by atoms with Gasteiger partial charge >= 0.3 is 6.03 Å². The van der Waals surface area contributed by atoms with Gasteiger partial charge < -0.3 is 24.9 Å². The predicted octanol–water partition coefficient (Wildman–Crippen LogP) is 3.18. The standard InChI is InChI=1S/C27H39N5O3/c33-24(29-16-8-3-9-17-29)20-31-21-32(23-12-6-2-7-13-23)27(25(31)34)14-18-30(19-15-27)26(35)28-22-10-4-1-5-11-22/h2,6-7,12-13,22H,1,3-5,8-11,14-21H2,(H,28,35). The van der Waals surface area contributed by atoms with Crippen LogP contribution >= 0.6 is 0 Å². The summed E-state index contributed by atoms with van der Waals surface area (Å²) in [6.07, 6.45) is 10.1. The number of piperidine rings is 2. The number of nitrogens with zero attached hydrogens (tertiary/aromatic N) is 4. The number of benzene rings is 1. The molecule has 1 N–H and O–H groups in total. The fourth-order valence-corrected chi connectivity index (χ4v) is 6.32. The molecular weight excluding hydrogens is 442 g/mol. The van der Waals surface area contributed by atoms with Gasteiger partial charge in [-0.1, -0.05) is 37.5 Å². The van der Waals surface area contributed by atoms with Crippen molar-refractivity contribution in [2.45, 2.75) is 75.8 Å². The van der Waals surface area contributed by atoms with E-state index >= 15 is 0 Å². The Balaban J connectivity index is 1.28. The number of amides is 4. The van der Waals surface area contributed by atoms with Gasteiger partial charge in [-0.25, -0.2) is 4.79 Å². The molecule has 8 nitrogen and oxygen atoms in total. The van der Waals surface area contributed by atoms with Crippen LogP contribution in [0.1, 0.15) is 64.2 Å². The fraction of sp³-hybridized carbons (Fsp3) is 0.667. The number of hydrogen-bond donors (Lipinski definition) is 1. The lowest BCUT2D eigenvalue weighted by Gasteiger charge is -2.43. The smallest absolute Gasteiger partial charge is 0.317 e. The lowest BCUT2D eigenvalue weighted by atomic mass is 9.85. The summed E-state index contributed by atoms with van der Waals surface area (Å²) in [6.45, 7) is 3.22. The molecule has 3 aliphatic heterocycles. The molecule has 0 atom stereocenters. The molecule has 0 radical (unpaired) electrons. The number of hydrogen-bond acceptors (Lipinski definition) is 4. The van der Waals surface area contributed by atoms with Gasteiger partial charge in [-0.05, 0) is 57.1 Å². The summed E-state index contributed by atoms with van der Waals surface area (Å²) in [5.74, 6) is 0.0754. The largest absolute Gasteiger partial charge is 0.341 e. The molecule has 1 aromatic rings. The van der Waals surface area contributed by atoms with Crippen molar-refractivity contribution in [1.82, 2.24) is 20.0 Å². The Morgan fingerprint density at radius 3 is 2.20 bits per heavy atom. The monoisotopic (exact) mass is 481 g/mol. The minimum atomic E-state index is -0.703. The zero-order valence-corrected chi connectivity index (χ0v) is 20.8. The van der Waals surface area contributed by atoms with Gasteiger partial charge in [0, 0.05) is 37.9 Å². The average Bonchev–Trinajstić information content (AvgIpc) is 3.16. The van der Waals surface area contributed by atoms with E-state index in [9.17, 15) is 14.4 Å². The maximum atomic E-state index is 13.9. The molecule has 0 unspecified atom stereocenters. The number of rotatable bonds is 4. The molecule has 3 saturated heterocycles. The molecule has 5 rings (SSSR count). The van der Waals surface area contributed by atoms with E-state index in [4.69, 9.17) is 0 Å². The van der Waals surface area contributed by atoms with Gasteiger partial charge in [-0.2, -0.15) is 0 Å². The summed E-state index contributed by atoms with van der Waals surface area (Å²) in [6, 6.07) is 10.3. The third-order valence-electron chi connectivity index (χ3n) is 8.43. The lowest BCUT2D eigenvalue weighted by molar-refractivity contribution is -0.141. The maximum absolute atomic E-state index is 13.9.